The van der Waals surface area contributed by atoms with Gasteiger partial charge in [-0.1, -0.05) is 6.08 Å². The molecule has 0 fully saturated rings. The van der Waals surface area contributed by atoms with E-state index >= 15 is 0 Å². The van der Waals surface area contributed by atoms with Crippen molar-refractivity contribution in [2.45, 2.75) is 26.7 Å². The van der Waals surface area contributed by atoms with E-state index in [1.165, 1.54) is 6.92 Å². The first-order valence-corrected chi connectivity index (χ1v) is 3.40. The van der Waals surface area contributed by atoms with Crippen LogP contribution in [-0.2, 0) is 0 Å². The topological polar surface area (TPSA) is 23.8 Å². The normalized spacial score (nSPS) is 9.09. The Balaban J connectivity index is 0. The second-order valence-electron chi connectivity index (χ2n) is 2.01. The fourth-order valence-electron chi connectivity index (χ4n) is 0.384. The fraction of sp³-hybridized carbons (Fsp3) is 0.444. The molecule has 0 heterocycles. The van der Waals surface area contributed by atoms with Crippen molar-refractivity contribution in [3.63, 3.8) is 0 Å². The standard InChI is InChI=1S/C7H11F.C2H3N/c1-3-4-5-7(2)6-8;1-2-3/h3,6H,1,4-5H2,2H3;1H3/b7-6+;. The first-order valence-electron chi connectivity index (χ1n) is 3.40. The summed E-state index contributed by atoms with van der Waals surface area (Å²) < 4.78 is 11.5. The quantitative estimate of drug-likeness (QED) is 0.573. The maximum absolute atomic E-state index is 11.5. The molecule has 0 aromatic rings. The van der Waals surface area contributed by atoms with Crippen LogP contribution in [0.4, 0.5) is 4.39 Å². The molecule has 0 N–H and O–H groups in total. The number of hydrogen-bond donors (Lipinski definition) is 0. The Hall–Kier alpha value is -1.10. The van der Waals surface area contributed by atoms with Crippen molar-refractivity contribution < 1.29 is 4.39 Å². The first-order chi connectivity index (χ1) is 5.22. The Kier molecular flexibility index (Phi) is 13.3. The molecule has 0 amide bonds. The van der Waals surface area contributed by atoms with Crippen LogP contribution in [0.3, 0.4) is 0 Å². The van der Waals surface area contributed by atoms with E-state index in [0.29, 0.717) is 6.33 Å². The summed E-state index contributed by atoms with van der Waals surface area (Å²) in [4.78, 5) is 0. The lowest BCUT2D eigenvalue weighted by molar-refractivity contribution is 0.699. The minimum atomic E-state index is 0.642. The van der Waals surface area contributed by atoms with Crippen LogP contribution in [0.5, 0.6) is 0 Å². The molecule has 0 rings (SSSR count). The van der Waals surface area contributed by atoms with Crippen molar-refractivity contribution in [2.75, 3.05) is 0 Å². The fourth-order valence-corrected chi connectivity index (χ4v) is 0.384. The summed E-state index contributed by atoms with van der Waals surface area (Å²) >= 11 is 0. The van der Waals surface area contributed by atoms with Crippen molar-refractivity contribution >= 4 is 0 Å². The average Bonchev–Trinajstić information content (AvgIpc) is 2.02. The van der Waals surface area contributed by atoms with Gasteiger partial charge >= 0.3 is 0 Å². The Labute approximate surface area is 67.8 Å². The lowest BCUT2D eigenvalue weighted by Gasteiger charge is -1.90. The summed E-state index contributed by atoms with van der Waals surface area (Å²) in [6, 6.07) is 1.75. The van der Waals surface area contributed by atoms with E-state index in [4.69, 9.17) is 5.26 Å². The smallest absolute Gasteiger partial charge is 0.0856 e. The third kappa shape index (κ3) is 17.6. The van der Waals surface area contributed by atoms with E-state index in [0.717, 1.165) is 18.4 Å². The third-order valence-corrected chi connectivity index (χ3v) is 0.929. The molecular formula is C9H14FN. The molecule has 0 spiro atoms. The average molecular weight is 155 g/mol. The monoisotopic (exact) mass is 155 g/mol. The highest BCUT2D eigenvalue weighted by Crippen LogP contribution is 2.02. The molecule has 0 radical (unpaired) electrons. The van der Waals surface area contributed by atoms with Crippen LogP contribution in [-0.4, -0.2) is 0 Å². The van der Waals surface area contributed by atoms with Crippen LogP contribution < -0.4 is 0 Å². The van der Waals surface area contributed by atoms with Crippen LogP contribution in [0.25, 0.3) is 0 Å². The van der Waals surface area contributed by atoms with Crippen LogP contribution >= 0.6 is 0 Å². The van der Waals surface area contributed by atoms with Gasteiger partial charge in [0.2, 0.25) is 0 Å². The first kappa shape index (κ1) is 12.6. The van der Waals surface area contributed by atoms with E-state index in [2.05, 4.69) is 6.58 Å². The molecule has 11 heavy (non-hydrogen) atoms. The van der Waals surface area contributed by atoms with Crippen molar-refractivity contribution in [3.8, 4) is 6.07 Å². The van der Waals surface area contributed by atoms with E-state index in [1.54, 1.807) is 19.1 Å². The van der Waals surface area contributed by atoms with Gasteiger partial charge in [0.15, 0.2) is 0 Å². The summed E-state index contributed by atoms with van der Waals surface area (Å²) in [5.74, 6) is 0. The number of rotatable bonds is 3. The molecule has 62 valence electrons. The lowest BCUT2D eigenvalue weighted by atomic mass is 10.2. The summed E-state index contributed by atoms with van der Waals surface area (Å²) in [7, 11) is 0. The Morgan fingerprint density at radius 1 is 1.73 bits per heavy atom. The van der Waals surface area contributed by atoms with E-state index in [1.807, 2.05) is 0 Å². The molecule has 0 aromatic heterocycles. The number of nitrogens with zero attached hydrogens (tertiary/aromatic N) is 1. The van der Waals surface area contributed by atoms with Crippen LogP contribution in [0, 0.1) is 11.3 Å². The molecule has 0 aromatic carbocycles. The lowest BCUT2D eigenvalue weighted by Crippen LogP contribution is -1.71. The zero-order chi connectivity index (χ0) is 9.11. The zero-order valence-corrected chi connectivity index (χ0v) is 7.10. The molecule has 0 aliphatic heterocycles. The van der Waals surface area contributed by atoms with Gasteiger partial charge in [0.05, 0.1) is 12.4 Å². The van der Waals surface area contributed by atoms with Crippen molar-refractivity contribution in [1.82, 2.24) is 0 Å². The van der Waals surface area contributed by atoms with E-state index in [-0.39, 0.29) is 0 Å². The summed E-state index contributed by atoms with van der Waals surface area (Å²) in [6.07, 6.45) is 4.09. The van der Waals surface area contributed by atoms with Gasteiger partial charge in [-0.2, -0.15) is 5.26 Å². The molecular weight excluding hydrogens is 141 g/mol. The van der Waals surface area contributed by atoms with Gasteiger partial charge in [0.1, 0.15) is 0 Å². The van der Waals surface area contributed by atoms with Gasteiger partial charge in [-0.3, -0.25) is 0 Å². The zero-order valence-electron chi connectivity index (χ0n) is 7.10. The highest BCUT2D eigenvalue weighted by molar-refractivity contribution is 4.93. The van der Waals surface area contributed by atoms with Crippen LogP contribution in [0.2, 0.25) is 0 Å². The van der Waals surface area contributed by atoms with Gasteiger partial charge in [-0.15, -0.1) is 6.58 Å². The van der Waals surface area contributed by atoms with Crippen LogP contribution in [0.15, 0.2) is 24.6 Å². The molecule has 0 saturated carbocycles. The van der Waals surface area contributed by atoms with Crippen LogP contribution in [0.1, 0.15) is 26.7 Å². The highest BCUT2D eigenvalue weighted by Gasteiger charge is 1.83. The number of hydrogen-bond acceptors (Lipinski definition) is 1. The summed E-state index contributed by atoms with van der Waals surface area (Å²) in [5.41, 5.74) is 0.782. The summed E-state index contributed by atoms with van der Waals surface area (Å²) in [6.45, 7) is 6.72. The minimum Gasteiger partial charge on any atom is -0.216 e. The van der Waals surface area contributed by atoms with Gasteiger partial charge < -0.3 is 0 Å². The molecule has 0 saturated heterocycles. The van der Waals surface area contributed by atoms with E-state index in [9.17, 15) is 4.39 Å². The number of allylic oxidation sites excluding steroid dienone is 2. The second kappa shape index (κ2) is 11.7. The molecule has 0 unspecified atom stereocenters. The Bertz CT molecular complexity index is 153. The largest absolute Gasteiger partial charge is 0.216 e. The third-order valence-electron chi connectivity index (χ3n) is 0.929. The predicted octanol–water partition coefficient (Wildman–Crippen LogP) is 3.36. The molecule has 0 atom stereocenters. The van der Waals surface area contributed by atoms with Crippen molar-refractivity contribution in [2.24, 2.45) is 0 Å². The highest BCUT2D eigenvalue weighted by atomic mass is 19.1. The van der Waals surface area contributed by atoms with E-state index < -0.39 is 0 Å². The second-order valence-corrected chi connectivity index (χ2v) is 2.01. The Morgan fingerprint density at radius 3 is 2.45 bits per heavy atom. The molecule has 1 nitrogen and oxygen atoms in total. The number of halogens is 1. The molecule has 0 aliphatic carbocycles. The molecule has 2 heteroatoms. The minimum absolute atomic E-state index is 0.642. The SMILES string of the molecule is C=CCC/C(C)=C/F.CC#N. The summed E-state index contributed by atoms with van der Waals surface area (Å²) in [5, 5.41) is 7.32. The van der Waals surface area contributed by atoms with Crippen molar-refractivity contribution in [3.05, 3.63) is 24.6 Å². The van der Waals surface area contributed by atoms with Crippen molar-refractivity contribution in [1.29, 1.82) is 5.26 Å². The Morgan fingerprint density at radius 2 is 2.18 bits per heavy atom. The molecule has 0 bridgehead atoms. The van der Waals surface area contributed by atoms with Gasteiger partial charge in [0.25, 0.3) is 0 Å². The van der Waals surface area contributed by atoms with Gasteiger partial charge in [-0.05, 0) is 25.3 Å². The van der Waals surface area contributed by atoms with Gasteiger partial charge in [-0.25, -0.2) is 4.39 Å². The van der Waals surface area contributed by atoms with Gasteiger partial charge in [0, 0.05) is 6.92 Å². The maximum Gasteiger partial charge on any atom is 0.0856 e. The predicted molar refractivity (Wildman–Crippen MR) is 45.6 cm³/mol. The number of nitriles is 1. The maximum atomic E-state index is 11.5. The molecule has 0 aliphatic rings.